The van der Waals surface area contributed by atoms with E-state index >= 15 is 0 Å². The molecule has 1 aromatic heterocycles. The number of rotatable bonds is 8. The van der Waals surface area contributed by atoms with E-state index < -0.39 is 5.97 Å². The third-order valence-electron chi connectivity index (χ3n) is 7.00. The molecule has 1 aromatic carbocycles. The minimum Gasteiger partial charge on any atom is -0.493 e. The molecule has 0 amide bonds. The van der Waals surface area contributed by atoms with Crippen LogP contribution in [0, 0.1) is 18.3 Å². The highest BCUT2D eigenvalue weighted by Crippen LogP contribution is 2.52. The van der Waals surface area contributed by atoms with Gasteiger partial charge in [0.15, 0.2) is 5.69 Å². The SMILES string of the molecule is CCOC(=O)CN1CCC2(CC1)CC(COc1ccc(-c3cccnc3C(=O)O)c(C)c1)C2. The first kappa shape index (κ1) is 23.2. The fraction of sp³-hybridized carbons (Fsp3) is 0.500. The Morgan fingerprint density at radius 1 is 1.18 bits per heavy atom. The van der Waals surface area contributed by atoms with E-state index in [4.69, 9.17) is 9.47 Å². The predicted octanol–water partition coefficient (Wildman–Crippen LogP) is 4.19. The van der Waals surface area contributed by atoms with Gasteiger partial charge in [0.05, 0.1) is 19.8 Å². The van der Waals surface area contributed by atoms with Crippen molar-refractivity contribution in [2.45, 2.75) is 39.5 Å². The van der Waals surface area contributed by atoms with E-state index in [1.54, 1.807) is 12.1 Å². The Balaban J connectivity index is 1.27. The summed E-state index contributed by atoms with van der Waals surface area (Å²) in [6, 6.07) is 9.32. The molecule has 0 bridgehead atoms. The van der Waals surface area contributed by atoms with Gasteiger partial charge >= 0.3 is 11.9 Å². The molecule has 1 aliphatic heterocycles. The average molecular weight is 453 g/mol. The van der Waals surface area contributed by atoms with Crippen LogP contribution < -0.4 is 4.74 Å². The summed E-state index contributed by atoms with van der Waals surface area (Å²) in [5, 5.41) is 9.42. The van der Waals surface area contributed by atoms with Crippen molar-refractivity contribution in [3.63, 3.8) is 0 Å². The van der Waals surface area contributed by atoms with Crippen molar-refractivity contribution >= 4 is 11.9 Å². The highest BCUT2D eigenvalue weighted by molar-refractivity contribution is 5.94. The first-order valence-corrected chi connectivity index (χ1v) is 11.7. The minimum atomic E-state index is -1.03. The van der Waals surface area contributed by atoms with Crippen LogP contribution in [0.1, 0.15) is 48.7 Å². The van der Waals surface area contributed by atoms with Gasteiger partial charge in [-0.1, -0.05) is 12.1 Å². The number of ether oxygens (including phenoxy) is 2. The Kier molecular flexibility index (Phi) is 6.98. The van der Waals surface area contributed by atoms with E-state index in [0.717, 1.165) is 42.8 Å². The number of likely N-dealkylation sites (tertiary alicyclic amines) is 1. The maximum absolute atomic E-state index is 11.7. The van der Waals surface area contributed by atoms with Crippen molar-refractivity contribution in [1.82, 2.24) is 9.88 Å². The van der Waals surface area contributed by atoms with Crippen molar-refractivity contribution in [2.24, 2.45) is 11.3 Å². The van der Waals surface area contributed by atoms with Gasteiger partial charge in [-0.25, -0.2) is 9.78 Å². The number of aryl methyl sites for hydroxylation is 1. The van der Waals surface area contributed by atoms with Gasteiger partial charge in [0.2, 0.25) is 0 Å². The number of pyridine rings is 1. The molecule has 1 N–H and O–H groups in total. The molecule has 1 saturated heterocycles. The fourth-order valence-corrected chi connectivity index (χ4v) is 5.30. The molecule has 0 atom stereocenters. The van der Waals surface area contributed by atoms with E-state index in [9.17, 15) is 14.7 Å². The molecule has 176 valence electrons. The Hall–Kier alpha value is -2.93. The molecule has 2 aliphatic rings. The number of benzene rings is 1. The van der Waals surface area contributed by atoms with Gasteiger partial charge in [-0.2, -0.15) is 0 Å². The summed E-state index contributed by atoms with van der Waals surface area (Å²) < 4.78 is 11.1. The predicted molar refractivity (Wildman–Crippen MR) is 124 cm³/mol. The van der Waals surface area contributed by atoms with Crippen molar-refractivity contribution in [2.75, 3.05) is 32.8 Å². The molecule has 1 saturated carbocycles. The van der Waals surface area contributed by atoms with Gasteiger partial charge in [-0.05, 0) is 93.3 Å². The zero-order chi connectivity index (χ0) is 23.4. The summed E-state index contributed by atoms with van der Waals surface area (Å²) in [6.07, 6.45) is 6.11. The summed E-state index contributed by atoms with van der Waals surface area (Å²) in [7, 11) is 0. The molecule has 7 nitrogen and oxygen atoms in total. The first-order valence-electron chi connectivity index (χ1n) is 11.7. The second-order valence-corrected chi connectivity index (χ2v) is 9.35. The van der Waals surface area contributed by atoms with Crippen LogP contribution >= 0.6 is 0 Å². The van der Waals surface area contributed by atoms with Crippen molar-refractivity contribution in [3.8, 4) is 16.9 Å². The normalized spacial score (nSPS) is 18.0. The Bertz CT molecular complexity index is 1010. The zero-order valence-corrected chi connectivity index (χ0v) is 19.4. The lowest BCUT2D eigenvalue weighted by atomic mass is 9.58. The first-order chi connectivity index (χ1) is 15.9. The smallest absolute Gasteiger partial charge is 0.355 e. The lowest BCUT2D eigenvalue weighted by molar-refractivity contribution is -0.145. The van der Waals surface area contributed by atoms with Crippen LogP contribution in [0.5, 0.6) is 5.75 Å². The largest absolute Gasteiger partial charge is 0.493 e. The van der Waals surface area contributed by atoms with E-state index in [2.05, 4.69) is 9.88 Å². The van der Waals surface area contributed by atoms with Crippen LogP contribution in [0.2, 0.25) is 0 Å². The molecule has 2 aromatic rings. The number of hydrogen-bond donors (Lipinski definition) is 1. The number of carbonyl (C=O) groups is 2. The average Bonchev–Trinajstić information content (AvgIpc) is 2.77. The molecule has 4 rings (SSSR count). The number of hydrogen-bond acceptors (Lipinski definition) is 6. The maximum atomic E-state index is 11.7. The van der Waals surface area contributed by atoms with E-state index in [1.807, 2.05) is 32.0 Å². The van der Waals surface area contributed by atoms with Crippen LogP contribution in [0.4, 0.5) is 0 Å². The summed E-state index contributed by atoms with van der Waals surface area (Å²) in [5.74, 6) is 0.203. The van der Waals surface area contributed by atoms with Crippen molar-refractivity contribution in [3.05, 3.63) is 47.8 Å². The van der Waals surface area contributed by atoms with E-state index in [1.165, 1.54) is 19.0 Å². The summed E-state index contributed by atoms with van der Waals surface area (Å²) >= 11 is 0. The molecule has 2 fully saturated rings. The van der Waals surface area contributed by atoms with Gasteiger partial charge in [-0.15, -0.1) is 0 Å². The number of esters is 1. The van der Waals surface area contributed by atoms with Crippen LogP contribution in [-0.2, 0) is 9.53 Å². The Morgan fingerprint density at radius 2 is 1.94 bits per heavy atom. The Morgan fingerprint density at radius 3 is 2.61 bits per heavy atom. The Labute approximate surface area is 194 Å². The molecule has 0 radical (unpaired) electrons. The molecule has 2 heterocycles. The third kappa shape index (κ3) is 5.36. The number of carboxylic acids is 1. The molecule has 33 heavy (non-hydrogen) atoms. The number of aromatic carboxylic acids is 1. The maximum Gasteiger partial charge on any atom is 0.355 e. The number of aromatic nitrogens is 1. The van der Waals surface area contributed by atoms with Crippen LogP contribution in [-0.4, -0.2) is 59.8 Å². The summed E-state index contributed by atoms with van der Waals surface area (Å²) in [6.45, 7) is 7.25. The summed E-state index contributed by atoms with van der Waals surface area (Å²) in [5.41, 5.74) is 2.89. The van der Waals surface area contributed by atoms with Crippen LogP contribution in [0.15, 0.2) is 36.5 Å². The molecule has 1 aliphatic carbocycles. The quantitative estimate of drug-likeness (QED) is 0.601. The molecular formula is C26H32N2O5. The molecule has 0 unspecified atom stereocenters. The van der Waals surface area contributed by atoms with Crippen LogP contribution in [0.3, 0.4) is 0 Å². The van der Waals surface area contributed by atoms with Gasteiger partial charge < -0.3 is 14.6 Å². The van der Waals surface area contributed by atoms with Crippen LogP contribution in [0.25, 0.3) is 11.1 Å². The second kappa shape index (κ2) is 9.91. The third-order valence-corrected chi connectivity index (χ3v) is 7.00. The van der Waals surface area contributed by atoms with Crippen molar-refractivity contribution in [1.29, 1.82) is 0 Å². The lowest BCUT2D eigenvalue weighted by Gasteiger charge is -2.52. The number of carboxylic acid groups (broad SMARTS) is 1. The lowest BCUT2D eigenvalue weighted by Crippen LogP contribution is -2.49. The van der Waals surface area contributed by atoms with E-state index in [0.29, 0.717) is 36.7 Å². The van der Waals surface area contributed by atoms with Gasteiger partial charge in [0, 0.05) is 11.8 Å². The minimum absolute atomic E-state index is 0.0577. The van der Waals surface area contributed by atoms with Gasteiger partial charge in [0.1, 0.15) is 5.75 Å². The molecule has 1 spiro atoms. The monoisotopic (exact) mass is 452 g/mol. The fourth-order valence-electron chi connectivity index (χ4n) is 5.30. The standard InChI is InChI=1S/C26H32N2O5/c1-3-32-23(29)16-28-11-8-26(9-12-28)14-19(15-26)17-33-20-6-7-21(18(2)13-20)22-5-4-10-27-24(22)25(30)31/h4-7,10,13,19H,3,8-9,11-12,14-17H2,1-2H3,(H,30,31). The topological polar surface area (TPSA) is 89.0 Å². The molecule has 7 heteroatoms. The number of carbonyl (C=O) groups excluding carboxylic acids is 1. The number of nitrogens with zero attached hydrogens (tertiary/aromatic N) is 2. The number of piperidine rings is 1. The van der Waals surface area contributed by atoms with Crippen molar-refractivity contribution < 1.29 is 24.2 Å². The van der Waals surface area contributed by atoms with E-state index in [-0.39, 0.29) is 11.7 Å². The highest BCUT2D eigenvalue weighted by atomic mass is 16.5. The molecular weight excluding hydrogens is 420 g/mol. The second-order valence-electron chi connectivity index (χ2n) is 9.35. The van der Waals surface area contributed by atoms with Gasteiger partial charge in [-0.3, -0.25) is 9.69 Å². The zero-order valence-electron chi connectivity index (χ0n) is 19.4. The highest BCUT2D eigenvalue weighted by Gasteiger charge is 2.46. The summed E-state index contributed by atoms with van der Waals surface area (Å²) in [4.78, 5) is 29.4. The van der Waals surface area contributed by atoms with Gasteiger partial charge in [0.25, 0.3) is 0 Å².